The first-order valence-corrected chi connectivity index (χ1v) is 9.68. The summed E-state index contributed by atoms with van der Waals surface area (Å²) in [7, 11) is 0. The summed E-state index contributed by atoms with van der Waals surface area (Å²) in [5.41, 5.74) is 5.78. The fourth-order valence-electron chi connectivity index (χ4n) is 3.93. The SMILES string of the molecule is C=Cc1c(C)c(-c2ccccc2)c2c(ccc3cc(O)ccc32)c1C=C.CC. The van der Waals surface area contributed by atoms with Crippen molar-refractivity contribution in [1.82, 2.24) is 0 Å². The van der Waals surface area contributed by atoms with Crippen LogP contribution >= 0.6 is 0 Å². The highest BCUT2D eigenvalue weighted by molar-refractivity contribution is 6.18. The largest absolute Gasteiger partial charge is 0.508 e. The van der Waals surface area contributed by atoms with Crippen molar-refractivity contribution in [3.05, 3.63) is 90.5 Å². The van der Waals surface area contributed by atoms with Crippen molar-refractivity contribution in [3.8, 4) is 16.9 Å². The molecular formula is C27H26O. The van der Waals surface area contributed by atoms with Gasteiger partial charge in [-0.05, 0) is 68.4 Å². The van der Waals surface area contributed by atoms with E-state index >= 15 is 0 Å². The van der Waals surface area contributed by atoms with E-state index in [1.54, 1.807) is 6.07 Å². The van der Waals surface area contributed by atoms with Crippen molar-refractivity contribution in [2.24, 2.45) is 0 Å². The van der Waals surface area contributed by atoms with Crippen LogP contribution in [0.5, 0.6) is 5.75 Å². The number of phenols is 1. The first-order valence-electron chi connectivity index (χ1n) is 9.68. The molecule has 0 saturated carbocycles. The highest BCUT2D eigenvalue weighted by Gasteiger charge is 2.17. The van der Waals surface area contributed by atoms with Crippen LogP contribution < -0.4 is 0 Å². The van der Waals surface area contributed by atoms with Crippen LogP contribution in [0.1, 0.15) is 30.5 Å². The van der Waals surface area contributed by atoms with Crippen LogP contribution in [-0.2, 0) is 0 Å². The van der Waals surface area contributed by atoms with Crippen LogP contribution in [0, 0.1) is 6.92 Å². The quantitative estimate of drug-likeness (QED) is 0.364. The lowest BCUT2D eigenvalue weighted by molar-refractivity contribution is 0.476. The summed E-state index contributed by atoms with van der Waals surface area (Å²) >= 11 is 0. The monoisotopic (exact) mass is 366 g/mol. The van der Waals surface area contributed by atoms with Crippen molar-refractivity contribution >= 4 is 33.7 Å². The highest BCUT2D eigenvalue weighted by atomic mass is 16.3. The molecule has 0 atom stereocenters. The Morgan fingerprint density at radius 3 is 2.07 bits per heavy atom. The van der Waals surface area contributed by atoms with Gasteiger partial charge in [-0.15, -0.1) is 0 Å². The van der Waals surface area contributed by atoms with Crippen LogP contribution in [0.15, 0.2) is 73.8 Å². The summed E-state index contributed by atoms with van der Waals surface area (Å²) in [5, 5.41) is 14.4. The number of hydrogen-bond donors (Lipinski definition) is 1. The Hall–Kier alpha value is -3.32. The van der Waals surface area contributed by atoms with Crippen LogP contribution in [0.2, 0.25) is 0 Å². The summed E-state index contributed by atoms with van der Waals surface area (Å²) in [4.78, 5) is 0. The number of aromatic hydroxyl groups is 1. The van der Waals surface area contributed by atoms with Crippen molar-refractivity contribution in [1.29, 1.82) is 0 Å². The maximum atomic E-state index is 9.90. The number of hydrogen-bond acceptors (Lipinski definition) is 1. The van der Waals surface area contributed by atoms with E-state index in [1.165, 1.54) is 22.1 Å². The lowest BCUT2D eigenvalue weighted by Gasteiger charge is -2.19. The number of benzene rings is 4. The second-order valence-electron chi connectivity index (χ2n) is 6.50. The molecule has 140 valence electrons. The topological polar surface area (TPSA) is 20.2 Å². The van der Waals surface area contributed by atoms with Gasteiger partial charge in [0.1, 0.15) is 5.75 Å². The van der Waals surface area contributed by atoms with Gasteiger partial charge in [-0.3, -0.25) is 0 Å². The summed E-state index contributed by atoms with van der Waals surface area (Å²) in [6.45, 7) is 14.2. The van der Waals surface area contributed by atoms with Gasteiger partial charge in [0.25, 0.3) is 0 Å². The minimum Gasteiger partial charge on any atom is -0.508 e. The number of rotatable bonds is 3. The molecule has 0 radical (unpaired) electrons. The highest BCUT2D eigenvalue weighted by Crippen LogP contribution is 2.42. The molecule has 0 aliphatic rings. The minimum absolute atomic E-state index is 0.279. The molecule has 28 heavy (non-hydrogen) atoms. The maximum absolute atomic E-state index is 9.90. The zero-order chi connectivity index (χ0) is 20.3. The van der Waals surface area contributed by atoms with Crippen molar-refractivity contribution in [2.45, 2.75) is 20.8 Å². The van der Waals surface area contributed by atoms with E-state index in [0.717, 1.165) is 27.3 Å². The van der Waals surface area contributed by atoms with Gasteiger partial charge in [0, 0.05) is 0 Å². The first kappa shape index (κ1) is 19.4. The van der Waals surface area contributed by atoms with Crippen LogP contribution in [-0.4, -0.2) is 5.11 Å². The molecule has 0 saturated heterocycles. The predicted octanol–water partition coefficient (Wildman–Crippen LogP) is 7.99. The van der Waals surface area contributed by atoms with Gasteiger partial charge in [0.05, 0.1) is 0 Å². The van der Waals surface area contributed by atoms with Crippen molar-refractivity contribution in [2.75, 3.05) is 0 Å². The Labute approximate surface area is 167 Å². The molecular weight excluding hydrogens is 340 g/mol. The molecule has 1 nitrogen and oxygen atoms in total. The molecule has 1 heteroatoms. The summed E-state index contributed by atoms with van der Waals surface area (Å²) in [6.07, 6.45) is 3.83. The summed E-state index contributed by atoms with van der Waals surface area (Å²) < 4.78 is 0. The standard InChI is InChI=1S/C25H20O.C2H6/c1-4-20-16(3)24(17-9-7-6-8-10-17)25-22-14-12-19(26)15-18(22)11-13-23(25)21(20)5-2;1-2/h4-15,26H,1-2H2,3H3;1-2H3. The van der Waals surface area contributed by atoms with Gasteiger partial charge in [-0.1, -0.05) is 87.7 Å². The van der Waals surface area contributed by atoms with Gasteiger partial charge in [0.2, 0.25) is 0 Å². The average molecular weight is 367 g/mol. The fourth-order valence-corrected chi connectivity index (χ4v) is 3.93. The molecule has 0 aliphatic heterocycles. The smallest absolute Gasteiger partial charge is 0.116 e. The maximum Gasteiger partial charge on any atom is 0.116 e. The van der Waals surface area contributed by atoms with E-state index in [0.29, 0.717) is 0 Å². The van der Waals surface area contributed by atoms with Crippen LogP contribution in [0.3, 0.4) is 0 Å². The Balaban J connectivity index is 0.00000109. The van der Waals surface area contributed by atoms with E-state index in [1.807, 2.05) is 44.2 Å². The van der Waals surface area contributed by atoms with Gasteiger partial charge in [-0.25, -0.2) is 0 Å². The summed E-state index contributed by atoms with van der Waals surface area (Å²) in [5.74, 6) is 0.279. The van der Waals surface area contributed by atoms with Gasteiger partial charge in [-0.2, -0.15) is 0 Å². The van der Waals surface area contributed by atoms with E-state index < -0.39 is 0 Å². The lowest BCUT2D eigenvalue weighted by Crippen LogP contribution is -1.96. The lowest BCUT2D eigenvalue weighted by atomic mass is 9.84. The fraction of sp³-hybridized carbons (Fsp3) is 0.111. The third-order valence-corrected chi connectivity index (χ3v) is 5.08. The number of fused-ring (bicyclic) bond motifs is 3. The van der Waals surface area contributed by atoms with Gasteiger partial charge >= 0.3 is 0 Å². The molecule has 0 aliphatic carbocycles. The molecule has 0 fully saturated rings. The van der Waals surface area contributed by atoms with Crippen molar-refractivity contribution < 1.29 is 5.11 Å². The second-order valence-corrected chi connectivity index (χ2v) is 6.50. The van der Waals surface area contributed by atoms with Crippen LogP contribution in [0.25, 0.3) is 44.8 Å². The molecule has 0 aromatic heterocycles. The Morgan fingerprint density at radius 2 is 1.43 bits per heavy atom. The van der Waals surface area contributed by atoms with E-state index in [2.05, 4.69) is 56.5 Å². The number of phenolic OH excluding ortho intramolecular Hbond substituents is 1. The first-order chi connectivity index (χ1) is 13.7. The Kier molecular flexibility index (Phi) is 5.65. The molecule has 4 aromatic carbocycles. The zero-order valence-corrected chi connectivity index (χ0v) is 16.8. The molecule has 4 rings (SSSR count). The third-order valence-electron chi connectivity index (χ3n) is 5.08. The predicted molar refractivity (Wildman–Crippen MR) is 125 cm³/mol. The van der Waals surface area contributed by atoms with Crippen molar-refractivity contribution in [3.63, 3.8) is 0 Å². The van der Waals surface area contributed by atoms with Gasteiger partial charge < -0.3 is 5.11 Å². The third kappa shape index (κ3) is 3.10. The second kappa shape index (κ2) is 8.14. The summed E-state index contributed by atoms with van der Waals surface area (Å²) in [6, 6.07) is 20.2. The Bertz CT molecular complexity index is 1170. The molecule has 0 unspecified atom stereocenters. The van der Waals surface area contributed by atoms with E-state index in [4.69, 9.17) is 0 Å². The minimum atomic E-state index is 0.279. The average Bonchev–Trinajstić information content (AvgIpc) is 2.74. The molecule has 0 amide bonds. The van der Waals surface area contributed by atoms with E-state index in [9.17, 15) is 5.11 Å². The van der Waals surface area contributed by atoms with E-state index in [-0.39, 0.29) is 5.75 Å². The Morgan fingerprint density at radius 1 is 0.786 bits per heavy atom. The molecule has 0 heterocycles. The van der Waals surface area contributed by atoms with Gasteiger partial charge in [0.15, 0.2) is 0 Å². The van der Waals surface area contributed by atoms with Crippen LogP contribution in [0.4, 0.5) is 0 Å². The molecule has 0 bridgehead atoms. The molecule has 4 aromatic rings. The molecule has 1 N–H and O–H groups in total. The normalized spacial score (nSPS) is 10.4. The zero-order valence-electron chi connectivity index (χ0n) is 16.8. The molecule has 0 spiro atoms.